The average Bonchev–Trinajstić information content (AvgIpc) is 2.71. The van der Waals surface area contributed by atoms with Crippen LogP contribution in [0.1, 0.15) is 23.8 Å². The SMILES string of the molecule is CCCn1cc(Br)cc1C(=O)Nc1cc(Cl)ccn1. The summed E-state index contributed by atoms with van der Waals surface area (Å²) >= 11 is 9.24. The van der Waals surface area contributed by atoms with Gasteiger partial charge in [-0.25, -0.2) is 4.98 Å². The summed E-state index contributed by atoms with van der Waals surface area (Å²) in [6.07, 6.45) is 4.40. The predicted octanol–water partition coefficient (Wildman–Crippen LogP) is 3.96. The minimum atomic E-state index is -0.200. The van der Waals surface area contributed by atoms with Gasteiger partial charge < -0.3 is 9.88 Å². The summed E-state index contributed by atoms with van der Waals surface area (Å²) in [4.78, 5) is 16.2. The Morgan fingerprint density at radius 3 is 3.00 bits per heavy atom. The van der Waals surface area contributed by atoms with E-state index in [9.17, 15) is 4.79 Å². The maximum absolute atomic E-state index is 12.2. The molecule has 0 aliphatic carbocycles. The summed E-state index contributed by atoms with van der Waals surface area (Å²) in [6.45, 7) is 2.85. The molecule has 0 fully saturated rings. The standard InChI is InChI=1S/C13H13BrClN3O/c1-2-5-18-8-9(14)6-11(18)13(19)17-12-7-10(15)3-4-16-12/h3-4,6-8H,2,5H2,1H3,(H,16,17,19). The molecule has 1 N–H and O–H groups in total. The molecule has 2 aromatic rings. The molecule has 2 heterocycles. The summed E-state index contributed by atoms with van der Waals surface area (Å²) in [5.41, 5.74) is 0.593. The number of rotatable bonds is 4. The lowest BCUT2D eigenvalue weighted by Gasteiger charge is -2.08. The Bertz CT molecular complexity index is 597. The highest BCUT2D eigenvalue weighted by atomic mass is 79.9. The fourth-order valence-electron chi connectivity index (χ4n) is 1.74. The highest BCUT2D eigenvalue weighted by Gasteiger charge is 2.13. The van der Waals surface area contributed by atoms with Gasteiger partial charge in [-0.05, 0) is 40.5 Å². The molecular weight excluding hydrogens is 330 g/mol. The van der Waals surface area contributed by atoms with Crippen LogP contribution in [-0.4, -0.2) is 15.5 Å². The van der Waals surface area contributed by atoms with Crippen molar-refractivity contribution in [3.05, 3.63) is 45.8 Å². The molecular formula is C13H13BrClN3O. The first-order valence-corrected chi connectivity index (χ1v) is 7.06. The number of hydrogen-bond donors (Lipinski definition) is 1. The second kappa shape index (κ2) is 6.21. The molecule has 2 rings (SSSR count). The molecule has 0 atom stereocenters. The second-order valence-corrected chi connectivity index (χ2v) is 5.40. The van der Waals surface area contributed by atoms with Gasteiger partial charge in [-0.3, -0.25) is 4.79 Å². The van der Waals surface area contributed by atoms with Crippen molar-refractivity contribution in [1.29, 1.82) is 0 Å². The Labute approximate surface area is 124 Å². The van der Waals surface area contributed by atoms with Crippen LogP contribution in [-0.2, 0) is 6.54 Å². The third kappa shape index (κ3) is 3.58. The zero-order valence-corrected chi connectivity index (χ0v) is 12.7. The number of aryl methyl sites for hydroxylation is 1. The molecule has 4 nitrogen and oxygen atoms in total. The number of halogens is 2. The van der Waals surface area contributed by atoms with Crippen molar-refractivity contribution < 1.29 is 4.79 Å². The number of amides is 1. The number of aromatic nitrogens is 2. The average molecular weight is 343 g/mol. The molecule has 1 amide bonds. The van der Waals surface area contributed by atoms with Crippen molar-refractivity contribution in [1.82, 2.24) is 9.55 Å². The van der Waals surface area contributed by atoms with E-state index >= 15 is 0 Å². The molecule has 0 radical (unpaired) electrons. The lowest BCUT2D eigenvalue weighted by Crippen LogP contribution is -2.17. The third-order valence-electron chi connectivity index (χ3n) is 2.52. The van der Waals surface area contributed by atoms with Gasteiger partial charge in [0, 0.05) is 28.4 Å². The van der Waals surface area contributed by atoms with E-state index in [1.54, 1.807) is 24.4 Å². The second-order valence-electron chi connectivity index (χ2n) is 4.05. The molecule has 0 aromatic carbocycles. The van der Waals surface area contributed by atoms with Gasteiger partial charge in [-0.15, -0.1) is 0 Å². The minimum absolute atomic E-state index is 0.200. The van der Waals surface area contributed by atoms with Crippen molar-refractivity contribution in [3.8, 4) is 0 Å². The van der Waals surface area contributed by atoms with E-state index in [0.717, 1.165) is 17.4 Å². The van der Waals surface area contributed by atoms with E-state index in [1.807, 2.05) is 10.8 Å². The lowest BCUT2D eigenvalue weighted by atomic mass is 10.3. The molecule has 0 spiro atoms. The third-order valence-corrected chi connectivity index (χ3v) is 3.19. The van der Waals surface area contributed by atoms with Crippen LogP contribution in [0.25, 0.3) is 0 Å². The minimum Gasteiger partial charge on any atom is -0.342 e. The summed E-state index contributed by atoms with van der Waals surface area (Å²) < 4.78 is 2.79. The van der Waals surface area contributed by atoms with Gasteiger partial charge in [-0.1, -0.05) is 18.5 Å². The van der Waals surface area contributed by atoms with Crippen LogP contribution in [0.15, 0.2) is 35.1 Å². The fraction of sp³-hybridized carbons (Fsp3) is 0.231. The summed E-state index contributed by atoms with van der Waals surface area (Å²) in [7, 11) is 0. The van der Waals surface area contributed by atoms with Gasteiger partial charge in [0.05, 0.1) is 0 Å². The zero-order chi connectivity index (χ0) is 13.8. The van der Waals surface area contributed by atoms with E-state index in [1.165, 1.54) is 0 Å². The monoisotopic (exact) mass is 341 g/mol. The number of nitrogens with one attached hydrogen (secondary N) is 1. The molecule has 6 heteroatoms. The smallest absolute Gasteiger partial charge is 0.273 e. The Morgan fingerprint density at radius 1 is 1.53 bits per heavy atom. The van der Waals surface area contributed by atoms with E-state index in [2.05, 4.69) is 33.2 Å². The van der Waals surface area contributed by atoms with E-state index < -0.39 is 0 Å². The highest BCUT2D eigenvalue weighted by molar-refractivity contribution is 9.10. The predicted molar refractivity (Wildman–Crippen MR) is 79.6 cm³/mol. The zero-order valence-electron chi connectivity index (χ0n) is 10.4. The summed E-state index contributed by atoms with van der Waals surface area (Å²) in [5, 5.41) is 3.27. The molecule has 0 unspecified atom stereocenters. The maximum atomic E-state index is 12.2. The first kappa shape index (κ1) is 14.1. The van der Waals surface area contributed by atoms with Gasteiger partial charge in [0.1, 0.15) is 11.5 Å². The summed E-state index contributed by atoms with van der Waals surface area (Å²) in [6, 6.07) is 5.06. The van der Waals surface area contributed by atoms with Crippen molar-refractivity contribution >= 4 is 39.3 Å². The number of hydrogen-bond acceptors (Lipinski definition) is 2. The highest BCUT2D eigenvalue weighted by Crippen LogP contribution is 2.18. The van der Waals surface area contributed by atoms with E-state index in [4.69, 9.17) is 11.6 Å². The normalized spacial score (nSPS) is 10.5. The van der Waals surface area contributed by atoms with Gasteiger partial charge >= 0.3 is 0 Å². The number of nitrogens with zero attached hydrogens (tertiary/aromatic N) is 2. The van der Waals surface area contributed by atoms with Crippen LogP contribution in [0.2, 0.25) is 5.02 Å². The molecule has 0 saturated heterocycles. The van der Waals surface area contributed by atoms with Gasteiger partial charge in [0.15, 0.2) is 0 Å². The van der Waals surface area contributed by atoms with Crippen molar-refractivity contribution in [2.24, 2.45) is 0 Å². The summed E-state index contributed by atoms with van der Waals surface area (Å²) in [5.74, 6) is 0.242. The van der Waals surface area contributed by atoms with Gasteiger partial charge in [-0.2, -0.15) is 0 Å². The van der Waals surface area contributed by atoms with Crippen LogP contribution in [0.5, 0.6) is 0 Å². The molecule has 0 saturated carbocycles. The Hall–Kier alpha value is -1.33. The van der Waals surface area contributed by atoms with Gasteiger partial charge in [0.25, 0.3) is 5.91 Å². The molecule has 100 valence electrons. The quantitative estimate of drug-likeness (QED) is 0.914. The van der Waals surface area contributed by atoms with Crippen molar-refractivity contribution in [3.63, 3.8) is 0 Å². The lowest BCUT2D eigenvalue weighted by molar-refractivity contribution is 0.101. The van der Waals surface area contributed by atoms with E-state index in [-0.39, 0.29) is 5.91 Å². The number of carbonyl (C=O) groups excluding carboxylic acids is 1. The van der Waals surface area contributed by atoms with Crippen LogP contribution in [0.3, 0.4) is 0 Å². The number of pyridine rings is 1. The van der Waals surface area contributed by atoms with Crippen molar-refractivity contribution in [2.75, 3.05) is 5.32 Å². The first-order valence-electron chi connectivity index (χ1n) is 5.88. The Kier molecular flexibility index (Phi) is 4.61. The molecule has 0 aliphatic heterocycles. The molecule has 19 heavy (non-hydrogen) atoms. The van der Waals surface area contributed by atoms with Gasteiger partial charge in [0.2, 0.25) is 0 Å². The molecule has 0 bridgehead atoms. The van der Waals surface area contributed by atoms with E-state index in [0.29, 0.717) is 16.5 Å². The first-order chi connectivity index (χ1) is 9.10. The van der Waals surface area contributed by atoms with Crippen LogP contribution in [0, 0.1) is 0 Å². The molecule has 2 aromatic heterocycles. The number of anilines is 1. The van der Waals surface area contributed by atoms with Crippen LogP contribution in [0.4, 0.5) is 5.82 Å². The topological polar surface area (TPSA) is 46.9 Å². The van der Waals surface area contributed by atoms with Crippen molar-refractivity contribution in [2.45, 2.75) is 19.9 Å². The largest absolute Gasteiger partial charge is 0.342 e. The Morgan fingerprint density at radius 2 is 2.32 bits per heavy atom. The fourth-order valence-corrected chi connectivity index (χ4v) is 2.37. The number of carbonyl (C=O) groups is 1. The van der Waals surface area contributed by atoms with Crippen LogP contribution >= 0.6 is 27.5 Å². The van der Waals surface area contributed by atoms with Crippen LogP contribution < -0.4 is 5.32 Å². The maximum Gasteiger partial charge on any atom is 0.273 e. The molecule has 0 aliphatic rings. The Balaban J connectivity index is 2.20.